The largest absolute Gasteiger partial charge is 0.508 e. The van der Waals surface area contributed by atoms with E-state index in [0.717, 1.165) is 5.56 Å². The van der Waals surface area contributed by atoms with Crippen molar-refractivity contribution in [3.05, 3.63) is 29.8 Å². The Morgan fingerprint density at radius 1 is 1.03 bits per heavy atom. The van der Waals surface area contributed by atoms with Crippen molar-refractivity contribution in [1.82, 2.24) is 15.1 Å². The molecule has 0 radical (unpaired) electrons. The summed E-state index contributed by atoms with van der Waals surface area (Å²) in [5, 5.41) is 20.5. The number of carboxylic acids is 1. The van der Waals surface area contributed by atoms with Gasteiger partial charge in [0.1, 0.15) is 24.4 Å². The summed E-state index contributed by atoms with van der Waals surface area (Å²) in [5.74, 6) is -2.14. The van der Waals surface area contributed by atoms with E-state index in [1.165, 1.54) is 21.9 Å². The number of aromatic hydroxyl groups is 1. The number of benzene rings is 1. The summed E-state index contributed by atoms with van der Waals surface area (Å²) in [7, 11) is 0. The molecule has 3 atom stereocenters. The van der Waals surface area contributed by atoms with Crippen molar-refractivity contribution >= 4 is 23.7 Å². The molecule has 5 N–H and O–H groups in total. The van der Waals surface area contributed by atoms with Gasteiger partial charge in [0.2, 0.25) is 17.7 Å². The first-order valence-corrected chi connectivity index (χ1v) is 10.4. The molecule has 168 valence electrons. The van der Waals surface area contributed by atoms with Crippen LogP contribution in [0.4, 0.5) is 0 Å². The van der Waals surface area contributed by atoms with E-state index in [1.54, 1.807) is 12.1 Å². The van der Waals surface area contributed by atoms with Crippen LogP contribution in [0, 0.1) is 0 Å². The molecule has 2 saturated heterocycles. The molecule has 1 aromatic rings. The minimum absolute atomic E-state index is 0.126. The van der Waals surface area contributed by atoms with Crippen LogP contribution in [0.2, 0.25) is 0 Å². The highest BCUT2D eigenvalue weighted by Gasteiger charge is 2.42. The first-order chi connectivity index (χ1) is 14.8. The van der Waals surface area contributed by atoms with Crippen LogP contribution in [-0.2, 0) is 25.6 Å². The fraction of sp³-hybridized carbons (Fsp3) is 0.524. The number of nitrogens with two attached hydrogens (primary N) is 1. The highest BCUT2D eigenvalue weighted by Crippen LogP contribution is 2.26. The zero-order chi connectivity index (χ0) is 22.5. The molecule has 1 aromatic carbocycles. The van der Waals surface area contributed by atoms with Crippen molar-refractivity contribution in [1.29, 1.82) is 0 Å². The maximum absolute atomic E-state index is 13.2. The number of aliphatic carboxylic acids is 1. The van der Waals surface area contributed by atoms with Gasteiger partial charge in [-0.3, -0.25) is 19.2 Å². The Kier molecular flexibility index (Phi) is 7.11. The number of likely N-dealkylation sites (tertiary alicyclic amines) is 2. The Hall–Kier alpha value is -3.14. The second-order valence-electron chi connectivity index (χ2n) is 7.97. The summed E-state index contributed by atoms with van der Waals surface area (Å²) in [5.41, 5.74) is 6.93. The summed E-state index contributed by atoms with van der Waals surface area (Å²) in [4.78, 5) is 52.2. The number of carboxylic acid groups (broad SMARTS) is 1. The Morgan fingerprint density at radius 3 is 2.29 bits per heavy atom. The molecule has 0 unspecified atom stereocenters. The van der Waals surface area contributed by atoms with Gasteiger partial charge >= 0.3 is 5.97 Å². The average molecular weight is 432 g/mol. The number of nitrogens with one attached hydrogen (secondary N) is 1. The minimum atomic E-state index is -1.15. The molecular weight excluding hydrogens is 404 g/mol. The molecule has 10 heteroatoms. The van der Waals surface area contributed by atoms with Gasteiger partial charge in [-0.1, -0.05) is 12.1 Å². The molecule has 2 heterocycles. The smallest absolute Gasteiger partial charge is 0.322 e. The average Bonchev–Trinajstić information content (AvgIpc) is 3.42. The van der Waals surface area contributed by atoms with E-state index >= 15 is 0 Å². The third kappa shape index (κ3) is 5.32. The van der Waals surface area contributed by atoms with E-state index in [-0.39, 0.29) is 24.0 Å². The summed E-state index contributed by atoms with van der Waals surface area (Å²) in [6.07, 6.45) is 2.53. The summed E-state index contributed by atoms with van der Waals surface area (Å²) in [6, 6.07) is 4.21. The van der Waals surface area contributed by atoms with Gasteiger partial charge in [0.25, 0.3) is 0 Å². The van der Waals surface area contributed by atoms with Crippen LogP contribution >= 0.6 is 0 Å². The number of phenolic OH excluding ortho intramolecular Hbond substituents is 1. The molecule has 10 nitrogen and oxygen atoms in total. The van der Waals surface area contributed by atoms with E-state index in [9.17, 15) is 24.3 Å². The second-order valence-corrected chi connectivity index (χ2v) is 7.97. The van der Waals surface area contributed by atoms with Crippen LogP contribution in [0.25, 0.3) is 0 Å². The Balaban J connectivity index is 1.64. The van der Waals surface area contributed by atoms with E-state index in [1.807, 2.05) is 0 Å². The maximum Gasteiger partial charge on any atom is 0.322 e. The predicted molar refractivity (Wildman–Crippen MR) is 110 cm³/mol. The van der Waals surface area contributed by atoms with Crippen molar-refractivity contribution in [3.8, 4) is 5.75 Å². The van der Waals surface area contributed by atoms with Gasteiger partial charge < -0.3 is 31.1 Å². The fourth-order valence-electron chi connectivity index (χ4n) is 4.25. The van der Waals surface area contributed by atoms with Crippen molar-refractivity contribution in [2.75, 3.05) is 19.6 Å². The van der Waals surface area contributed by atoms with Gasteiger partial charge in [-0.25, -0.2) is 0 Å². The number of carbonyl (C=O) groups is 4. The highest BCUT2D eigenvalue weighted by molar-refractivity contribution is 5.94. The molecule has 0 aliphatic carbocycles. The number of nitrogens with zero attached hydrogens (tertiary/aromatic N) is 2. The van der Waals surface area contributed by atoms with Crippen LogP contribution < -0.4 is 11.1 Å². The van der Waals surface area contributed by atoms with E-state index in [0.29, 0.717) is 38.8 Å². The van der Waals surface area contributed by atoms with Crippen LogP contribution in [0.5, 0.6) is 5.75 Å². The molecule has 0 spiro atoms. The lowest BCUT2D eigenvalue weighted by Gasteiger charge is -2.32. The molecule has 3 amide bonds. The van der Waals surface area contributed by atoms with Gasteiger partial charge in [0.05, 0.1) is 6.04 Å². The standard InChI is InChI=1S/C21H28N4O6/c22-15(11-13-5-7-14(26)8-6-13)20(30)25-10-2-4-17(25)21(31)24-9-1-3-16(24)19(29)23-12-18(27)28/h5-8,15-17,26H,1-4,9-12,22H2,(H,23,29)(H,27,28)/t15-,16-,17-/m0/s1. The number of hydrogen-bond acceptors (Lipinski definition) is 6. The number of hydrogen-bond donors (Lipinski definition) is 4. The van der Waals surface area contributed by atoms with Gasteiger partial charge in [0, 0.05) is 13.1 Å². The third-order valence-electron chi connectivity index (χ3n) is 5.78. The number of rotatable bonds is 7. The van der Waals surface area contributed by atoms with Crippen LogP contribution in [-0.4, -0.2) is 81.5 Å². The summed E-state index contributed by atoms with van der Waals surface area (Å²) in [6.45, 7) is 0.307. The van der Waals surface area contributed by atoms with E-state index in [4.69, 9.17) is 10.8 Å². The normalized spacial score (nSPS) is 21.7. The van der Waals surface area contributed by atoms with Gasteiger partial charge in [0.15, 0.2) is 0 Å². The zero-order valence-corrected chi connectivity index (χ0v) is 17.2. The quantitative estimate of drug-likeness (QED) is 0.451. The van der Waals surface area contributed by atoms with Crippen molar-refractivity contribution in [2.24, 2.45) is 5.73 Å². The lowest BCUT2D eigenvalue weighted by molar-refractivity contribution is -0.147. The molecule has 31 heavy (non-hydrogen) atoms. The first kappa shape index (κ1) is 22.5. The van der Waals surface area contributed by atoms with Crippen LogP contribution in [0.1, 0.15) is 31.2 Å². The monoisotopic (exact) mass is 432 g/mol. The Morgan fingerprint density at radius 2 is 1.65 bits per heavy atom. The molecule has 2 aliphatic heterocycles. The van der Waals surface area contributed by atoms with E-state index in [2.05, 4.69) is 5.32 Å². The fourth-order valence-corrected chi connectivity index (χ4v) is 4.25. The molecule has 3 rings (SSSR count). The highest BCUT2D eigenvalue weighted by atomic mass is 16.4. The van der Waals surface area contributed by atoms with Gasteiger partial charge in [-0.15, -0.1) is 0 Å². The SMILES string of the molecule is N[C@@H](Cc1ccc(O)cc1)C(=O)N1CCC[C@H]1C(=O)N1CCC[C@H]1C(=O)NCC(=O)O. The lowest BCUT2D eigenvalue weighted by atomic mass is 10.0. The second kappa shape index (κ2) is 9.78. The molecule has 2 fully saturated rings. The first-order valence-electron chi connectivity index (χ1n) is 10.4. The minimum Gasteiger partial charge on any atom is -0.508 e. The van der Waals surface area contributed by atoms with Crippen molar-refractivity contribution in [2.45, 2.75) is 50.2 Å². The van der Waals surface area contributed by atoms with Crippen molar-refractivity contribution in [3.63, 3.8) is 0 Å². The number of carbonyl (C=O) groups excluding carboxylic acids is 3. The Labute approximate surface area is 180 Å². The Bertz CT molecular complexity index is 843. The zero-order valence-electron chi connectivity index (χ0n) is 17.2. The topological polar surface area (TPSA) is 153 Å². The van der Waals surface area contributed by atoms with E-state index < -0.39 is 36.5 Å². The summed E-state index contributed by atoms with van der Waals surface area (Å²) >= 11 is 0. The molecule has 2 aliphatic rings. The number of phenols is 1. The summed E-state index contributed by atoms with van der Waals surface area (Å²) < 4.78 is 0. The third-order valence-corrected chi connectivity index (χ3v) is 5.78. The van der Waals surface area contributed by atoms with Gasteiger partial charge in [-0.05, 0) is 49.8 Å². The van der Waals surface area contributed by atoms with Crippen LogP contribution in [0.15, 0.2) is 24.3 Å². The number of amides is 3. The molecule has 0 saturated carbocycles. The molecule has 0 aromatic heterocycles. The maximum atomic E-state index is 13.2. The molecule has 0 bridgehead atoms. The van der Waals surface area contributed by atoms with Crippen LogP contribution in [0.3, 0.4) is 0 Å². The van der Waals surface area contributed by atoms with Crippen molar-refractivity contribution < 1.29 is 29.4 Å². The molecular formula is C21H28N4O6. The predicted octanol–water partition coefficient (Wildman–Crippen LogP) is -0.555. The van der Waals surface area contributed by atoms with Gasteiger partial charge in [-0.2, -0.15) is 0 Å². The lowest BCUT2D eigenvalue weighted by Crippen LogP contribution is -2.55.